The Hall–Kier alpha value is -3.85. The van der Waals surface area contributed by atoms with E-state index in [9.17, 15) is 32.7 Å². The Morgan fingerprint density at radius 1 is 1.08 bits per heavy atom. The molecule has 0 saturated heterocycles. The van der Waals surface area contributed by atoms with Crippen molar-refractivity contribution in [2.24, 2.45) is 0 Å². The third-order valence-corrected chi connectivity index (χ3v) is 5.68. The van der Waals surface area contributed by atoms with Crippen molar-refractivity contribution in [1.82, 2.24) is 20.2 Å². The number of nitrogens with one attached hydrogen (secondary N) is 2. The molecule has 1 aromatic heterocycles. The number of hydrogen-bond acceptors (Lipinski definition) is 8. The molecule has 0 bridgehead atoms. The molecular formula is C23H20Cl2F3N5O6. The molecule has 16 heteroatoms. The van der Waals surface area contributed by atoms with Crippen LogP contribution in [-0.2, 0) is 15.7 Å². The summed E-state index contributed by atoms with van der Waals surface area (Å²) in [6, 6.07) is 8.95. The minimum atomic E-state index is -4.88. The second-order valence-electron chi connectivity index (χ2n) is 7.72. The number of hydrogen-bond donors (Lipinski definition) is 3. The van der Waals surface area contributed by atoms with E-state index in [1.807, 2.05) is 0 Å². The highest BCUT2D eigenvalue weighted by Gasteiger charge is 2.37. The third kappa shape index (κ3) is 6.60. The van der Waals surface area contributed by atoms with Crippen molar-refractivity contribution in [2.45, 2.75) is 19.3 Å². The van der Waals surface area contributed by atoms with Crippen molar-refractivity contribution < 1.29 is 42.1 Å². The van der Waals surface area contributed by atoms with E-state index in [0.29, 0.717) is 6.07 Å². The van der Waals surface area contributed by atoms with Gasteiger partial charge in [-0.15, -0.1) is 5.01 Å². The molecule has 0 aliphatic heterocycles. The number of benzene rings is 2. The van der Waals surface area contributed by atoms with Crippen LogP contribution in [0.1, 0.15) is 33.5 Å². The molecule has 3 aromatic rings. The highest BCUT2D eigenvalue weighted by molar-refractivity contribution is 6.32. The number of carbonyl (C=O) groups is 3. The quantitative estimate of drug-likeness (QED) is 0.267. The van der Waals surface area contributed by atoms with Crippen LogP contribution in [0.2, 0.25) is 10.0 Å². The molecule has 208 valence electrons. The Bertz CT molecular complexity index is 1400. The van der Waals surface area contributed by atoms with Crippen LogP contribution >= 0.6 is 23.2 Å². The van der Waals surface area contributed by atoms with E-state index in [1.54, 1.807) is 6.07 Å². The van der Waals surface area contributed by atoms with Gasteiger partial charge in [0, 0.05) is 16.7 Å². The van der Waals surface area contributed by atoms with Gasteiger partial charge >= 0.3 is 18.4 Å². The van der Waals surface area contributed by atoms with Crippen molar-refractivity contribution in [3.63, 3.8) is 0 Å². The maximum absolute atomic E-state index is 13.5. The second-order valence-corrected chi connectivity index (χ2v) is 8.57. The van der Waals surface area contributed by atoms with Crippen LogP contribution < -0.4 is 10.7 Å². The molecule has 0 spiro atoms. The van der Waals surface area contributed by atoms with Gasteiger partial charge in [-0.05, 0) is 36.8 Å². The molecule has 1 unspecified atom stereocenters. The highest BCUT2D eigenvalue weighted by atomic mass is 35.5. The molecule has 3 N–H and O–H groups in total. The van der Waals surface area contributed by atoms with Gasteiger partial charge in [-0.2, -0.15) is 23.7 Å². The molecule has 0 fully saturated rings. The summed E-state index contributed by atoms with van der Waals surface area (Å²) in [5, 5.41) is 17.1. The predicted octanol–water partition coefficient (Wildman–Crippen LogP) is 5.09. The molecule has 2 aromatic carbocycles. The van der Waals surface area contributed by atoms with Crippen molar-refractivity contribution in [3.05, 3.63) is 75.0 Å². The first-order valence-corrected chi connectivity index (χ1v) is 11.5. The molecule has 1 heterocycles. The number of methoxy groups -OCH3 is 2. The fourth-order valence-electron chi connectivity index (χ4n) is 3.38. The van der Waals surface area contributed by atoms with E-state index in [0.717, 1.165) is 18.9 Å². The van der Waals surface area contributed by atoms with Gasteiger partial charge in [0.1, 0.15) is 11.9 Å². The van der Waals surface area contributed by atoms with Crippen molar-refractivity contribution >= 4 is 47.0 Å². The number of ether oxygens (including phenoxy) is 2. The summed E-state index contributed by atoms with van der Waals surface area (Å²) in [6.07, 6.45) is -9.24. The number of aromatic nitrogens is 2. The van der Waals surface area contributed by atoms with Crippen LogP contribution in [0.5, 0.6) is 0 Å². The Kier molecular flexibility index (Phi) is 9.07. The highest BCUT2D eigenvalue weighted by Crippen LogP contribution is 2.33. The van der Waals surface area contributed by atoms with Crippen molar-refractivity contribution in [1.29, 1.82) is 0 Å². The van der Waals surface area contributed by atoms with Crippen LogP contribution in [-0.4, -0.2) is 52.2 Å². The lowest BCUT2D eigenvalue weighted by molar-refractivity contribution is -0.141. The normalized spacial score (nSPS) is 12.0. The molecule has 11 nitrogen and oxygen atoms in total. The first kappa shape index (κ1) is 29.7. The smallest absolute Gasteiger partial charge is 0.435 e. The first-order valence-electron chi connectivity index (χ1n) is 10.7. The van der Waals surface area contributed by atoms with E-state index in [4.69, 9.17) is 23.2 Å². The average molecular weight is 590 g/mol. The van der Waals surface area contributed by atoms with E-state index < -0.39 is 41.9 Å². The topological polar surface area (TPSA) is 135 Å². The minimum Gasteiger partial charge on any atom is -0.451 e. The predicted molar refractivity (Wildman–Crippen MR) is 132 cm³/mol. The standard InChI is InChI=1S/C23H20Cl2F3N5O6/c1-11-8-12(24)9-13(19(34)31-33(21(36)38-2)22(37)39-3)18(11)29-20(35)16-10-17(23(26,27)28)30-32(16)15-7-5-4-6-14(15)25/h4-10,19,31,34H,1-3H3,(H,29,35). The first-order chi connectivity index (χ1) is 18.3. The number of alkyl halides is 3. The summed E-state index contributed by atoms with van der Waals surface area (Å²) in [6.45, 7) is 1.49. The monoisotopic (exact) mass is 589 g/mol. The number of amides is 3. The van der Waals surface area contributed by atoms with Crippen LogP contribution in [0, 0.1) is 6.92 Å². The molecule has 1 atom stereocenters. The van der Waals surface area contributed by atoms with Gasteiger partial charge in [0.15, 0.2) is 5.69 Å². The number of aliphatic hydroxyl groups is 1. The van der Waals surface area contributed by atoms with Crippen LogP contribution in [0.4, 0.5) is 28.4 Å². The SMILES string of the molecule is COC(=O)N(NC(O)c1cc(Cl)cc(C)c1NC(=O)c1cc(C(F)(F)F)nn1-c1ccccc1Cl)C(=O)OC. The summed E-state index contributed by atoms with van der Waals surface area (Å²) in [5.74, 6) is -1.06. The summed E-state index contributed by atoms with van der Waals surface area (Å²) in [5.41, 5.74) is 0.282. The lowest BCUT2D eigenvalue weighted by Gasteiger charge is -2.24. The summed E-state index contributed by atoms with van der Waals surface area (Å²) < 4.78 is 50.2. The number of imide groups is 1. The number of nitrogens with zero attached hydrogens (tertiary/aromatic N) is 3. The zero-order chi connectivity index (χ0) is 29.1. The van der Waals surface area contributed by atoms with E-state index in [2.05, 4.69) is 25.3 Å². The van der Waals surface area contributed by atoms with Gasteiger partial charge in [-0.25, -0.2) is 14.3 Å². The van der Waals surface area contributed by atoms with Gasteiger partial charge in [0.05, 0.1) is 30.6 Å². The number of rotatable bonds is 6. The summed E-state index contributed by atoms with van der Waals surface area (Å²) in [4.78, 5) is 37.3. The second kappa shape index (κ2) is 11.9. The largest absolute Gasteiger partial charge is 0.451 e. The van der Waals surface area contributed by atoms with E-state index in [1.165, 1.54) is 37.3 Å². The molecule has 3 amide bonds. The minimum absolute atomic E-state index is 0.00127. The number of anilines is 1. The maximum atomic E-state index is 13.5. The lowest BCUT2D eigenvalue weighted by atomic mass is 10.1. The Morgan fingerprint density at radius 2 is 1.69 bits per heavy atom. The molecule has 39 heavy (non-hydrogen) atoms. The number of carbonyl (C=O) groups excluding carboxylic acids is 3. The van der Waals surface area contributed by atoms with E-state index >= 15 is 0 Å². The molecule has 0 aliphatic carbocycles. The van der Waals surface area contributed by atoms with Gasteiger partial charge in [0.25, 0.3) is 5.91 Å². The van der Waals surface area contributed by atoms with Crippen LogP contribution in [0.25, 0.3) is 5.69 Å². The number of para-hydroxylation sites is 1. The van der Waals surface area contributed by atoms with Crippen LogP contribution in [0.15, 0.2) is 42.5 Å². The van der Waals surface area contributed by atoms with Crippen molar-refractivity contribution in [3.8, 4) is 5.69 Å². The van der Waals surface area contributed by atoms with Crippen LogP contribution in [0.3, 0.4) is 0 Å². The summed E-state index contributed by atoms with van der Waals surface area (Å²) in [7, 11) is 1.94. The van der Waals surface area contributed by atoms with Gasteiger partial charge in [-0.3, -0.25) is 4.79 Å². The number of aliphatic hydroxyl groups excluding tert-OH is 1. The fourth-order valence-corrected chi connectivity index (χ4v) is 3.87. The summed E-state index contributed by atoms with van der Waals surface area (Å²) >= 11 is 12.3. The molecule has 0 radical (unpaired) electrons. The van der Waals surface area contributed by atoms with Gasteiger partial charge in [-0.1, -0.05) is 35.3 Å². The number of hydrazine groups is 1. The average Bonchev–Trinajstić information content (AvgIpc) is 3.34. The van der Waals surface area contributed by atoms with E-state index in [-0.39, 0.29) is 37.6 Å². The molecule has 0 saturated carbocycles. The van der Waals surface area contributed by atoms with Crippen molar-refractivity contribution in [2.75, 3.05) is 19.5 Å². The lowest BCUT2D eigenvalue weighted by Crippen LogP contribution is -2.48. The Morgan fingerprint density at radius 3 is 2.26 bits per heavy atom. The zero-order valence-electron chi connectivity index (χ0n) is 20.3. The third-order valence-electron chi connectivity index (χ3n) is 5.14. The zero-order valence-corrected chi connectivity index (χ0v) is 21.9. The maximum Gasteiger partial charge on any atom is 0.435 e. The fraction of sp³-hybridized carbons (Fsp3) is 0.217. The van der Waals surface area contributed by atoms with Gasteiger partial charge in [0.2, 0.25) is 0 Å². The number of halogens is 5. The Balaban J connectivity index is 2.06. The molecule has 0 aliphatic rings. The molecular weight excluding hydrogens is 570 g/mol. The number of aryl methyl sites for hydroxylation is 1. The van der Waals surface area contributed by atoms with Gasteiger partial charge < -0.3 is 19.9 Å². The molecule has 3 rings (SSSR count). The Labute approximate surface area is 229 Å².